The number of hydrazine groups is 1. The van der Waals surface area contributed by atoms with Gasteiger partial charge in [0.1, 0.15) is 5.75 Å². The molecule has 2 amide bonds. The molecule has 0 spiro atoms. The van der Waals surface area contributed by atoms with Crippen LogP contribution in [0.2, 0.25) is 0 Å². The number of carbonyl (C=O) groups is 2. The molecule has 2 aromatic rings. The van der Waals surface area contributed by atoms with Crippen molar-refractivity contribution in [3.05, 3.63) is 64.1 Å². The predicted molar refractivity (Wildman–Crippen MR) is 104 cm³/mol. The van der Waals surface area contributed by atoms with Gasteiger partial charge in [-0.25, -0.2) is 0 Å². The van der Waals surface area contributed by atoms with Gasteiger partial charge in [0.25, 0.3) is 11.8 Å². The zero-order valence-electron chi connectivity index (χ0n) is 14.3. The molecule has 2 N–H and O–H groups in total. The molecule has 0 fully saturated rings. The maximum absolute atomic E-state index is 12.2. The van der Waals surface area contributed by atoms with E-state index in [0.717, 1.165) is 10.0 Å². The van der Waals surface area contributed by atoms with E-state index in [1.54, 1.807) is 55.6 Å². The molecule has 0 saturated carbocycles. The third-order valence-electron chi connectivity index (χ3n) is 3.34. The van der Waals surface area contributed by atoms with Crippen LogP contribution in [0.5, 0.6) is 5.75 Å². The fourth-order valence-electron chi connectivity index (χ4n) is 2.13. The van der Waals surface area contributed by atoms with E-state index in [9.17, 15) is 13.8 Å². The summed E-state index contributed by atoms with van der Waals surface area (Å²) < 4.78 is 17.7. The molecule has 0 aliphatic heterocycles. The van der Waals surface area contributed by atoms with Crippen LogP contribution in [-0.2, 0) is 21.3 Å². The van der Waals surface area contributed by atoms with Gasteiger partial charge in [-0.2, -0.15) is 0 Å². The van der Waals surface area contributed by atoms with Gasteiger partial charge in [-0.05, 0) is 42.8 Å². The van der Waals surface area contributed by atoms with Crippen molar-refractivity contribution in [2.24, 2.45) is 0 Å². The Morgan fingerprint density at radius 3 is 2.58 bits per heavy atom. The standard InChI is InChI=1S/C18H19BrN2O4S/c1-12(25-16-8-4-7-15(19)10-16)17(22)20-21-18(23)14-6-3-5-13(9-14)11-26(2)24/h3-10,12H,11H2,1-2H3,(H,20,22)(H,21,23). The first kappa shape index (κ1) is 20.1. The number of rotatable bonds is 6. The first-order valence-corrected chi connectivity index (χ1v) is 10.3. The number of hydrogen-bond donors (Lipinski definition) is 2. The molecule has 2 rings (SSSR count). The molecule has 6 nitrogen and oxygen atoms in total. The van der Waals surface area contributed by atoms with Crippen molar-refractivity contribution in [3.8, 4) is 5.75 Å². The number of carbonyl (C=O) groups excluding carboxylic acids is 2. The molecule has 8 heteroatoms. The van der Waals surface area contributed by atoms with Crippen LogP contribution in [-0.4, -0.2) is 28.4 Å². The summed E-state index contributed by atoms with van der Waals surface area (Å²) in [5, 5.41) is 0. The molecule has 0 bridgehead atoms. The van der Waals surface area contributed by atoms with Crippen LogP contribution < -0.4 is 15.6 Å². The second-order valence-corrected chi connectivity index (χ2v) is 7.93. The molecule has 2 atom stereocenters. The Bertz CT molecular complexity index is 828. The number of amides is 2. The van der Waals surface area contributed by atoms with Crippen LogP contribution in [0.4, 0.5) is 0 Å². The van der Waals surface area contributed by atoms with Crippen molar-refractivity contribution in [1.29, 1.82) is 0 Å². The summed E-state index contributed by atoms with van der Waals surface area (Å²) >= 11 is 3.33. The molecule has 2 unspecified atom stereocenters. The summed E-state index contributed by atoms with van der Waals surface area (Å²) in [7, 11) is -0.998. The highest BCUT2D eigenvalue weighted by atomic mass is 79.9. The van der Waals surface area contributed by atoms with Crippen LogP contribution in [0.15, 0.2) is 53.0 Å². The van der Waals surface area contributed by atoms with E-state index < -0.39 is 28.7 Å². The van der Waals surface area contributed by atoms with E-state index in [2.05, 4.69) is 26.8 Å². The van der Waals surface area contributed by atoms with Crippen molar-refractivity contribution in [2.45, 2.75) is 18.8 Å². The lowest BCUT2D eigenvalue weighted by atomic mass is 10.1. The van der Waals surface area contributed by atoms with Crippen molar-refractivity contribution in [2.75, 3.05) is 6.26 Å². The zero-order valence-corrected chi connectivity index (χ0v) is 16.7. The molecule has 26 heavy (non-hydrogen) atoms. The van der Waals surface area contributed by atoms with Gasteiger partial charge in [0.05, 0.1) is 0 Å². The fraction of sp³-hybridized carbons (Fsp3) is 0.222. The minimum atomic E-state index is -0.998. The van der Waals surface area contributed by atoms with Crippen molar-refractivity contribution >= 4 is 38.5 Å². The lowest BCUT2D eigenvalue weighted by Gasteiger charge is -2.15. The Morgan fingerprint density at radius 1 is 1.15 bits per heavy atom. The van der Waals surface area contributed by atoms with Gasteiger partial charge in [0.2, 0.25) is 0 Å². The lowest BCUT2D eigenvalue weighted by molar-refractivity contribution is -0.128. The molecule has 2 aromatic carbocycles. The molecule has 0 aliphatic rings. The SMILES string of the molecule is CC(Oc1cccc(Br)c1)C(=O)NNC(=O)c1cccc(CS(C)=O)c1. The Morgan fingerprint density at radius 2 is 1.88 bits per heavy atom. The second kappa shape index (κ2) is 9.49. The molecular weight excluding hydrogens is 420 g/mol. The van der Waals surface area contributed by atoms with E-state index in [1.165, 1.54) is 0 Å². The Balaban J connectivity index is 1.90. The first-order chi connectivity index (χ1) is 12.3. The summed E-state index contributed by atoms with van der Waals surface area (Å²) in [5.41, 5.74) is 5.85. The van der Waals surface area contributed by atoms with Gasteiger partial charge >= 0.3 is 0 Å². The Kier molecular flexibility index (Phi) is 7.35. The number of nitrogens with one attached hydrogen (secondary N) is 2. The number of benzene rings is 2. The van der Waals surface area contributed by atoms with Gasteiger partial charge in [-0.1, -0.05) is 34.1 Å². The Hall–Kier alpha value is -2.19. The van der Waals surface area contributed by atoms with Crippen molar-refractivity contribution in [3.63, 3.8) is 0 Å². The minimum Gasteiger partial charge on any atom is -0.481 e. The van der Waals surface area contributed by atoms with E-state index >= 15 is 0 Å². The highest BCUT2D eigenvalue weighted by Gasteiger charge is 2.16. The van der Waals surface area contributed by atoms with Gasteiger partial charge in [-0.15, -0.1) is 0 Å². The third-order valence-corrected chi connectivity index (χ3v) is 4.57. The minimum absolute atomic E-state index is 0.366. The van der Waals surface area contributed by atoms with Crippen LogP contribution in [0, 0.1) is 0 Å². The van der Waals surface area contributed by atoms with Crippen LogP contribution >= 0.6 is 15.9 Å². The summed E-state index contributed by atoms with van der Waals surface area (Å²) in [5.74, 6) is -0.0418. The predicted octanol–water partition coefficient (Wildman–Crippen LogP) is 2.56. The molecule has 0 radical (unpaired) electrons. The lowest BCUT2D eigenvalue weighted by Crippen LogP contribution is -2.47. The highest BCUT2D eigenvalue weighted by Crippen LogP contribution is 2.18. The largest absolute Gasteiger partial charge is 0.481 e. The van der Waals surface area contributed by atoms with E-state index in [4.69, 9.17) is 4.74 Å². The molecule has 0 aliphatic carbocycles. The van der Waals surface area contributed by atoms with Crippen LogP contribution in [0.3, 0.4) is 0 Å². The molecule has 138 valence electrons. The molecular formula is C18H19BrN2O4S. The number of halogens is 1. The maximum Gasteiger partial charge on any atom is 0.279 e. The zero-order chi connectivity index (χ0) is 19.1. The summed E-state index contributed by atoms with van der Waals surface area (Å²) in [6.45, 7) is 1.58. The van der Waals surface area contributed by atoms with E-state index in [0.29, 0.717) is 17.1 Å². The van der Waals surface area contributed by atoms with Gasteiger partial charge < -0.3 is 4.74 Å². The highest BCUT2D eigenvalue weighted by molar-refractivity contribution is 9.10. The van der Waals surface area contributed by atoms with E-state index in [1.807, 2.05) is 6.07 Å². The average molecular weight is 439 g/mol. The summed E-state index contributed by atoms with van der Waals surface area (Å²) in [6, 6.07) is 13.9. The number of ether oxygens (including phenoxy) is 1. The van der Waals surface area contributed by atoms with Crippen molar-refractivity contribution < 1.29 is 18.5 Å². The second-order valence-electron chi connectivity index (χ2n) is 5.58. The monoisotopic (exact) mass is 438 g/mol. The first-order valence-electron chi connectivity index (χ1n) is 7.76. The van der Waals surface area contributed by atoms with Crippen molar-refractivity contribution in [1.82, 2.24) is 10.9 Å². The third kappa shape index (κ3) is 6.27. The quantitative estimate of drug-likeness (QED) is 0.678. The van der Waals surface area contributed by atoms with Gasteiger partial charge in [-0.3, -0.25) is 24.6 Å². The van der Waals surface area contributed by atoms with E-state index in [-0.39, 0.29) is 0 Å². The van der Waals surface area contributed by atoms with Gasteiger partial charge in [0.15, 0.2) is 6.10 Å². The molecule has 0 heterocycles. The van der Waals surface area contributed by atoms with Crippen LogP contribution in [0.1, 0.15) is 22.8 Å². The summed E-state index contributed by atoms with van der Waals surface area (Å²) in [4.78, 5) is 24.2. The smallest absolute Gasteiger partial charge is 0.279 e. The Labute approximate surface area is 162 Å². The van der Waals surface area contributed by atoms with Gasteiger partial charge in [0, 0.05) is 32.8 Å². The average Bonchev–Trinajstić information content (AvgIpc) is 2.59. The fourth-order valence-corrected chi connectivity index (χ4v) is 3.15. The normalized spacial score (nSPS) is 12.7. The summed E-state index contributed by atoms with van der Waals surface area (Å²) in [6.07, 6.45) is 0.804. The topological polar surface area (TPSA) is 84.5 Å². The maximum atomic E-state index is 12.2. The molecule has 0 aromatic heterocycles. The van der Waals surface area contributed by atoms with Crippen LogP contribution in [0.25, 0.3) is 0 Å². The number of hydrogen-bond acceptors (Lipinski definition) is 4. The molecule has 0 saturated heterocycles.